The van der Waals surface area contributed by atoms with Crippen molar-refractivity contribution in [1.29, 1.82) is 0 Å². The van der Waals surface area contributed by atoms with Crippen LogP contribution in [-0.2, 0) is 10.5 Å². The lowest BCUT2D eigenvalue weighted by molar-refractivity contribution is -0.130. The Balaban J connectivity index is 1.48. The van der Waals surface area contributed by atoms with Crippen molar-refractivity contribution in [3.8, 4) is 5.75 Å². The van der Waals surface area contributed by atoms with Crippen molar-refractivity contribution in [2.75, 3.05) is 38.2 Å². The van der Waals surface area contributed by atoms with Crippen molar-refractivity contribution in [3.05, 3.63) is 60.2 Å². The molecule has 0 bridgehead atoms. The van der Waals surface area contributed by atoms with Gasteiger partial charge in [0.15, 0.2) is 0 Å². The zero-order valence-electron chi connectivity index (χ0n) is 15.4. The quantitative estimate of drug-likeness (QED) is 0.777. The normalized spacial score (nSPS) is 15.6. The standard InChI is InChI=1S/C21H26N2O2S/c1-17(26-16-18-6-4-3-5-7-18)21(24)23-14-12-22(13-15-23)19-8-10-20(25-2)11-9-19/h3-11,17H,12-16H2,1-2H3/t17-/m1/s1. The molecule has 26 heavy (non-hydrogen) atoms. The van der Waals surface area contributed by atoms with Crippen molar-refractivity contribution in [2.45, 2.75) is 17.9 Å². The van der Waals surface area contributed by atoms with Crippen LogP contribution in [0.15, 0.2) is 54.6 Å². The van der Waals surface area contributed by atoms with Crippen LogP contribution in [0.2, 0.25) is 0 Å². The molecule has 0 unspecified atom stereocenters. The zero-order chi connectivity index (χ0) is 18.4. The second kappa shape index (κ2) is 8.99. The maximum atomic E-state index is 12.7. The predicted octanol–water partition coefficient (Wildman–Crippen LogP) is 3.67. The molecule has 3 rings (SSSR count). The summed E-state index contributed by atoms with van der Waals surface area (Å²) in [5, 5.41) is -0.0113. The number of carbonyl (C=O) groups is 1. The lowest BCUT2D eigenvalue weighted by Gasteiger charge is -2.37. The summed E-state index contributed by atoms with van der Waals surface area (Å²) < 4.78 is 5.21. The number of hydrogen-bond acceptors (Lipinski definition) is 4. The summed E-state index contributed by atoms with van der Waals surface area (Å²) in [6.45, 7) is 5.32. The SMILES string of the molecule is COc1ccc(N2CCN(C(=O)[C@@H](C)SCc3ccccc3)CC2)cc1. The first kappa shape index (κ1) is 18.6. The van der Waals surface area contributed by atoms with Crippen molar-refractivity contribution in [1.82, 2.24) is 4.90 Å². The number of anilines is 1. The largest absolute Gasteiger partial charge is 0.497 e. The number of amides is 1. The Hall–Kier alpha value is -2.14. The van der Waals surface area contributed by atoms with Crippen molar-refractivity contribution < 1.29 is 9.53 Å². The van der Waals surface area contributed by atoms with E-state index in [1.807, 2.05) is 42.2 Å². The molecular formula is C21H26N2O2S. The number of benzene rings is 2. The van der Waals surface area contributed by atoms with Gasteiger partial charge in [-0.1, -0.05) is 30.3 Å². The van der Waals surface area contributed by atoms with Crippen molar-refractivity contribution in [3.63, 3.8) is 0 Å². The van der Waals surface area contributed by atoms with E-state index in [0.717, 1.165) is 37.7 Å². The second-order valence-electron chi connectivity index (χ2n) is 6.45. The minimum Gasteiger partial charge on any atom is -0.497 e. The van der Waals surface area contributed by atoms with E-state index in [1.165, 1.54) is 11.3 Å². The average molecular weight is 371 g/mol. The first-order valence-corrected chi connectivity index (χ1v) is 10.1. The number of thioether (sulfide) groups is 1. The second-order valence-corrected chi connectivity index (χ2v) is 7.78. The Morgan fingerprint density at radius 3 is 2.31 bits per heavy atom. The molecule has 0 aliphatic carbocycles. The lowest BCUT2D eigenvalue weighted by atomic mass is 10.2. The van der Waals surface area contributed by atoms with E-state index < -0.39 is 0 Å². The summed E-state index contributed by atoms with van der Waals surface area (Å²) in [4.78, 5) is 17.0. The van der Waals surface area contributed by atoms with Gasteiger partial charge in [0, 0.05) is 37.6 Å². The van der Waals surface area contributed by atoms with E-state index in [4.69, 9.17) is 4.74 Å². The predicted molar refractivity (Wildman–Crippen MR) is 109 cm³/mol. The molecule has 0 spiro atoms. The van der Waals surface area contributed by atoms with Crippen LogP contribution in [0.4, 0.5) is 5.69 Å². The summed E-state index contributed by atoms with van der Waals surface area (Å²) in [5.41, 5.74) is 2.45. The Labute approximate surface area is 160 Å². The fourth-order valence-electron chi connectivity index (χ4n) is 3.10. The minimum atomic E-state index is -0.0113. The Bertz CT molecular complexity index is 698. The Kier molecular flexibility index (Phi) is 6.45. The molecule has 0 saturated carbocycles. The van der Waals surface area contributed by atoms with Crippen LogP contribution >= 0.6 is 11.8 Å². The molecule has 1 amide bonds. The van der Waals surface area contributed by atoms with E-state index in [1.54, 1.807) is 18.9 Å². The monoisotopic (exact) mass is 370 g/mol. The Morgan fingerprint density at radius 1 is 1.04 bits per heavy atom. The molecule has 0 radical (unpaired) electrons. The number of methoxy groups -OCH3 is 1. The fraction of sp³-hybridized carbons (Fsp3) is 0.381. The molecular weight excluding hydrogens is 344 g/mol. The molecule has 1 saturated heterocycles. The molecule has 0 N–H and O–H groups in total. The molecule has 2 aromatic rings. The molecule has 138 valence electrons. The van der Waals surface area contributed by atoms with Gasteiger partial charge in [-0.2, -0.15) is 0 Å². The molecule has 4 nitrogen and oxygen atoms in total. The lowest BCUT2D eigenvalue weighted by Crippen LogP contribution is -2.50. The van der Waals surface area contributed by atoms with Gasteiger partial charge in [-0.15, -0.1) is 11.8 Å². The highest BCUT2D eigenvalue weighted by molar-refractivity contribution is 7.99. The van der Waals surface area contributed by atoms with E-state index in [0.29, 0.717) is 0 Å². The van der Waals surface area contributed by atoms with Gasteiger partial charge in [-0.25, -0.2) is 0 Å². The number of rotatable bonds is 6. The average Bonchev–Trinajstić information content (AvgIpc) is 2.72. The number of hydrogen-bond donors (Lipinski definition) is 0. The molecule has 1 fully saturated rings. The highest BCUT2D eigenvalue weighted by Crippen LogP contribution is 2.23. The summed E-state index contributed by atoms with van der Waals surface area (Å²) in [6, 6.07) is 18.4. The highest BCUT2D eigenvalue weighted by atomic mass is 32.2. The molecule has 5 heteroatoms. The van der Waals surface area contributed by atoms with Gasteiger partial charge >= 0.3 is 0 Å². The van der Waals surface area contributed by atoms with Gasteiger partial charge in [-0.3, -0.25) is 4.79 Å². The molecule has 0 aromatic heterocycles. The molecule has 1 heterocycles. The third-order valence-corrected chi connectivity index (χ3v) is 5.92. The molecule has 1 atom stereocenters. The summed E-state index contributed by atoms with van der Waals surface area (Å²) in [5.74, 6) is 1.99. The molecule has 1 aliphatic heterocycles. The van der Waals surface area contributed by atoms with Gasteiger partial charge in [0.25, 0.3) is 0 Å². The first-order valence-electron chi connectivity index (χ1n) is 9.00. The van der Waals surface area contributed by atoms with E-state index in [2.05, 4.69) is 29.2 Å². The fourth-order valence-corrected chi connectivity index (χ4v) is 4.03. The van der Waals surface area contributed by atoms with Crippen LogP contribution in [0.1, 0.15) is 12.5 Å². The third kappa shape index (κ3) is 4.73. The Morgan fingerprint density at radius 2 is 1.69 bits per heavy atom. The zero-order valence-corrected chi connectivity index (χ0v) is 16.2. The maximum Gasteiger partial charge on any atom is 0.235 e. The van der Waals surface area contributed by atoms with Crippen molar-refractivity contribution in [2.24, 2.45) is 0 Å². The van der Waals surface area contributed by atoms with Gasteiger partial charge in [0.1, 0.15) is 5.75 Å². The van der Waals surface area contributed by atoms with Crippen LogP contribution < -0.4 is 9.64 Å². The van der Waals surface area contributed by atoms with E-state index in [9.17, 15) is 4.79 Å². The smallest absolute Gasteiger partial charge is 0.235 e. The van der Waals surface area contributed by atoms with Gasteiger partial charge in [0.05, 0.1) is 12.4 Å². The number of nitrogens with zero attached hydrogens (tertiary/aromatic N) is 2. The van der Waals surface area contributed by atoms with Crippen LogP contribution in [0.25, 0.3) is 0 Å². The first-order chi connectivity index (χ1) is 12.7. The molecule has 2 aromatic carbocycles. The number of carbonyl (C=O) groups excluding carboxylic acids is 1. The van der Waals surface area contributed by atoms with E-state index >= 15 is 0 Å². The van der Waals surface area contributed by atoms with E-state index in [-0.39, 0.29) is 11.2 Å². The minimum absolute atomic E-state index is 0.0113. The van der Waals surface area contributed by atoms with Gasteiger partial charge in [-0.05, 0) is 36.8 Å². The number of ether oxygens (including phenoxy) is 1. The van der Waals surface area contributed by atoms with Crippen LogP contribution in [0, 0.1) is 0 Å². The topological polar surface area (TPSA) is 32.8 Å². The third-order valence-electron chi connectivity index (χ3n) is 4.72. The van der Waals surface area contributed by atoms with Gasteiger partial charge in [0.2, 0.25) is 5.91 Å². The summed E-state index contributed by atoms with van der Waals surface area (Å²) in [6.07, 6.45) is 0. The van der Waals surface area contributed by atoms with Crippen LogP contribution in [0.5, 0.6) is 5.75 Å². The summed E-state index contributed by atoms with van der Waals surface area (Å²) >= 11 is 1.71. The summed E-state index contributed by atoms with van der Waals surface area (Å²) in [7, 11) is 1.68. The molecule has 1 aliphatic rings. The van der Waals surface area contributed by atoms with Gasteiger partial charge < -0.3 is 14.5 Å². The highest BCUT2D eigenvalue weighted by Gasteiger charge is 2.25. The van der Waals surface area contributed by atoms with Crippen LogP contribution in [0.3, 0.4) is 0 Å². The maximum absolute atomic E-state index is 12.7. The van der Waals surface area contributed by atoms with Crippen molar-refractivity contribution >= 4 is 23.4 Å². The van der Waals surface area contributed by atoms with Crippen LogP contribution in [-0.4, -0.2) is 49.3 Å². The number of piperazine rings is 1.